The minimum atomic E-state index is -0.0880. The van der Waals surface area contributed by atoms with Crippen LogP contribution in [0.25, 0.3) is 0 Å². The Bertz CT molecular complexity index is 303. The lowest BCUT2D eigenvalue weighted by atomic mass is 9.93. The molecule has 0 aromatic rings. The molecule has 2 fully saturated rings. The van der Waals surface area contributed by atoms with Crippen LogP contribution in [0.1, 0.15) is 58.8 Å². The molecule has 2 atom stereocenters. The van der Waals surface area contributed by atoms with Crippen molar-refractivity contribution in [2.75, 3.05) is 6.54 Å². The van der Waals surface area contributed by atoms with Gasteiger partial charge < -0.3 is 15.7 Å². The maximum atomic E-state index is 9.54. The molecular weight excluding hydrogens is 365 g/mol. The third-order valence-electron chi connectivity index (χ3n) is 4.26. The highest BCUT2D eigenvalue weighted by atomic mass is 127. The summed E-state index contributed by atoms with van der Waals surface area (Å²) in [5, 5.41) is 16.6. The topological polar surface area (TPSA) is 56.7 Å². The predicted octanol–water partition coefficient (Wildman–Crippen LogP) is 2.65. The minimum absolute atomic E-state index is 0. The largest absolute Gasteiger partial charge is 0.393 e. The van der Waals surface area contributed by atoms with Gasteiger partial charge in [-0.25, -0.2) is 0 Å². The van der Waals surface area contributed by atoms with Crippen molar-refractivity contribution in [3.8, 4) is 0 Å². The van der Waals surface area contributed by atoms with Crippen LogP contribution in [0.4, 0.5) is 0 Å². The molecule has 2 rings (SSSR count). The van der Waals surface area contributed by atoms with Crippen molar-refractivity contribution in [2.45, 2.75) is 77.0 Å². The van der Waals surface area contributed by atoms with Crippen molar-refractivity contribution < 1.29 is 5.11 Å². The summed E-state index contributed by atoms with van der Waals surface area (Å²) in [6.07, 6.45) is 7.74. The summed E-state index contributed by atoms with van der Waals surface area (Å²) < 4.78 is 0. The summed E-state index contributed by atoms with van der Waals surface area (Å²) in [4.78, 5) is 4.54. The van der Waals surface area contributed by atoms with Gasteiger partial charge in [-0.3, -0.25) is 4.99 Å². The average Bonchev–Trinajstić information content (AvgIpc) is 3.11. The van der Waals surface area contributed by atoms with Gasteiger partial charge in [0, 0.05) is 18.6 Å². The number of aliphatic imine (C=N–C) groups is 1. The fourth-order valence-corrected chi connectivity index (χ4v) is 2.99. The van der Waals surface area contributed by atoms with Gasteiger partial charge >= 0.3 is 0 Å². The van der Waals surface area contributed by atoms with Crippen molar-refractivity contribution in [3.05, 3.63) is 0 Å². The van der Waals surface area contributed by atoms with E-state index in [9.17, 15) is 5.11 Å². The van der Waals surface area contributed by atoms with Crippen LogP contribution in [-0.2, 0) is 0 Å². The highest BCUT2D eigenvalue weighted by Gasteiger charge is 2.36. The van der Waals surface area contributed by atoms with Crippen molar-refractivity contribution >= 4 is 29.9 Å². The minimum Gasteiger partial charge on any atom is -0.393 e. The maximum absolute atomic E-state index is 9.54. The first-order chi connectivity index (χ1) is 9.22. The van der Waals surface area contributed by atoms with Crippen LogP contribution in [-0.4, -0.2) is 35.8 Å². The van der Waals surface area contributed by atoms with E-state index in [1.54, 1.807) is 0 Å². The second-order valence-electron chi connectivity index (χ2n) is 6.01. The molecule has 0 radical (unpaired) electrons. The normalized spacial score (nSPS) is 33.2. The monoisotopic (exact) mass is 395 g/mol. The Morgan fingerprint density at radius 2 is 1.85 bits per heavy atom. The molecule has 0 bridgehead atoms. The second-order valence-corrected chi connectivity index (χ2v) is 6.01. The summed E-state index contributed by atoms with van der Waals surface area (Å²) in [6, 6.07) is 1.11. The van der Waals surface area contributed by atoms with E-state index >= 15 is 0 Å². The molecule has 0 heterocycles. The van der Waals surface area contributed by atoms with Crippen LogP contribution in [0.5, 0.6) is 0 Å². The summed E-state index contributed by atoms with van der Waals surface area (Å²) in [5.41, 5.74) is 0. The molecule has 2 aliphatic carbocycles. The van der Waals surface area contributed by atoms with Crippen LogP contribution >= 0.6 is 24.0 Å². The Balaban J connectivity index is 0.00000200. The Kier molecular flexibility index (Phi) is 8.17. The fraction of sp³-hybridized carbons (Fsp3) is 0.933. The van der Waals surface area contributed by atoms with Gasteiger partial charge in [-0.2, -0.15) is 0 Å². The van der Waals surface area contributed by atoms with Crippen molar-refractivity contribution in [2.24, 2.45) is 10.9 Å². The zero-order chi connectivity index (χ0) is 13.7. The van der Waals surface area contributed by atoms with E-state index < -0.39 is 0 Å². The van der Waals surface area contributed by atoms with Gasteiger partial charge in [0.25, 0.3) is 0 Å². The molecule has 0 aromatic carbocycles. The zero-order valence-corrected chi connectivity index (χ0v) is 15.1. The Hall–Kier alpha value is -0.0400. The number of halogens is 1. The Morgan fingerprint density at radius 1 is 1.15 bits per heavy atom. The molecule has 3 N–H and O–H groups in total. The van der Waals surface area contributed by atoms with Gasteiger partial charge in [0.15, 0.2) is 5.96 Å². The van der Waals surface area contributed by atoms with Gasteiger partial charge in [-0.1, -0.05) is 13.3 Å². The molecule has 20 heavy (non-hydrogen) atoms. The second kappa shape index (κ2) is 9.07. The molecule has 0 aromatic heterocycles. The number of rotatable bonds is 5. The highest BCUT2D eigenvalue weighted by molar-refractivity contribution is 14.0. The third-order valence-corrected chi connectivity index (χ3v) is 4.26. The Labute approximate surface area is 140 Å². The van der Waals surface area contributed by atoms with Crippen molar-refractivity contribution in [1.29, 1.82) is 0 Å². The highest BCUT2D eigenvalue weighted by Crippen LogP contribution is 2.34. The maximum Gasteiger partial charge on any atom is 0.191 e. The molecule has 5 heteroatoms. The number of hydrogen-bond acceptors (Lipinski definition) is 2. The lowest BCUT2D eigenvalue weighted by molar-refractivity contribution is 0.120. The first kappa shape index (κ1) is 18.0. The van der Waals surface area contributed by atoms with Crippen LogP contribution in [0.3, 0.4) is 0 Å². The number of aliphatic hydroxyl groups is 1. The summed E-state index contributed by atoms with van der Waals surface area (Å²) in [7, 11) is 0. The predicted molar refractivity (Wildman–Crippen MR) is 94.7 cm³/mol. The van der Waals surface area contributed by atoms with E-state index in [0.717, 1.165) is 44.1 Å². The number of guanidine groups is 1. The quantitative estimate of drug-likeness (QED) is 0.381. The summed E-state index contributed by atoms with van der Waals surface area (Å²) >= 11 is 0. The van der Waals surface area contributed by atoms with Gasteiger partial charge in [-0.15, -0.1) is 24.0 Å². The molecule has 0 saturated heterocycles. The van der Waals surface area contributed by atoms with Gasteiger partial charge in [0.2, 0.25) is 0 Å². The smallest absolute Gasteiger partial charge is 0.191 e. The van der Waals surface area contributed by atoms with Crippen molar-refractivity contribution in [1.82, 2.24) is 10.6 Å². The van der Waals surface area contributed by atoms with Crippen LogP contribution in [0.15, 0.2) is 4.99 Å². The zero-order valence-electron chi connectivity index (χ0n) is 12.8. The molecule has 2 unspecified atom stereocenters. The number of hydrogen-bond donors (Lipinski definition) is 3. The molecule has 2 saturated carbocycles. The summed E-state index contributed by atoms with van der Waals surface area (Å²) in [5.74, 6) is 1.83. The van der Waals surface area contributed by atoms with E-state index in [1.165, 1.54) is 19.3 Å². The third kappa shape index (κ3) is 5.76. The van der Waals surface area contributed by atoms with Crippen LogP contribution in [0, 0.1) is 5.92 Å². The molecule has 2 aliphatic rings. The van der Waals surface area contributed by atoms with Gasteiger partial charge in [-0.05, 0) is 51.4 Å². The lowest BCUT2D eigenvalue weighted by Crippen LogP contribution is -2.46. The number of aliphatic hydroxyl groups excluding tert-OH is 1. The molecule has 0 spiro atoms. The van der Waals surface area contributed by atoms with Gasteiger partial charge in [0.05, 0.1) is 6.10 Å². The summed E-state index contributed by atoms with van der Waals surface area (Å²) in [6.45, 7) is 5.14. The van der Waals surface area contributed by atoms with E-state index in [-0.39, 0.29) is 30.1 Å². The number of nitrogens with zero attached hydrogens (tertiary/aromatic N) is 1. The fourth-order valence-electron chi connectivity index (χ4n) is 2.99. The Morgan fingerprint density at radius 3 is 2.45 bits per heavy atom. The molecule has 0 aliphatic heterocycles. The molecule has 4 nitrogen and oxygen atoms in total. The van der Waals surface area contributed by atoms with E-state index in [2.05, 4.69) is 29.5 Å². The van der Waals surface area contributed by atoms with Crippen molar-refractivity contribution in [3.63, 3.8) is 0 Å². The van der Waals surface area contributed by atoms with Crippen LogP contribution in [0.2, 0.25) is 0 Å². The molecule has 118 valence electrons. The average molecular weight is 395 g/mol. The van der Waals surface area contributed by atoms with E-state index in [0.29, 0.717) is 12.1 Å². The molecule has 0 amide bonds. The standard InChI is InChI=1S/C15H29N3O.HI/c1-3-5-11-10-14(11)18-15(16-4-2)17-12-6-8-13(19)9-7-12;/h11-14,19H,3-10H2,1-2H3,(H2,16,17,18);1H. The van der Waals surface area contributed by atoms with Gasteiger partial charge in [0.1, 0.15) is 0 Å². The number of nitrogens with one attached hydrogen (secondary N) is 2. The molecular formula is C15H30IN3O. The first-order valence-corrected chi connectivity index (χ1v) is 7.98. The van der Waals surface area contributed by atoms with E-state index in [1.807, 2.05) is 0 Å². The van der Waals surface area contributed by atoms with Crippen LogP contribution < -0.4 is 10.6 Å². The first-order valence-electron chi connectivity index (χ1n) is 7.98. The lowest BCUT2D eigenvalue weighted by Gasteiger charge is -2.27. The SMILES string of the molecule is CCCC1CC1NC(=NCC)NC1CCC(O)CC1.I. The van der Waals surface area contributed by atoms with E-state index in [4.69, 9.17) is 0 Å².